The lowest BCUT2D eigenvalue weighted by molar-refractivity contribution is 0.207. The van der Waals surface area contributed by atoms with Crippen LogP contribution in [0.15, 0.2) is 36.8 Å². The lowest BCUT2D eigenvalue weighted by atomic mass is 10.1. The van der Waals surface area contributed by atoms with Crippen LogP contribution in [-0.4, -0.2) is 28.7 Å². The second-order valence-electron chi connectivity index (χ2n) is 5.71. The third-order valence-corrected chi connectivity index (χ3v) is 4.34. The Bertz CT molecular complexity index is 576. The van der Waals surface area contributed by atoms with Crippen molar-refractivity contribution in [3.63, 3.8) is 0 Å². The summed E-state index contributed by atoms with van der Waals surface area (Å²) in [5.74, 6) is 1.64. The van der Waals surface area contributed by atoms with Crippen molar-refractivity contribution in [3.8, 4) is 5.75 Å². The van der Waals surface area contributed by atoms with E-state index in [2.05, 4.69) is 33.1 Å². The highest BCUT2D eigenvalue weighted by molar-refractivity contribution is 5.37. The summed E-state index contributed by atoms with van der Waals surface area (Å²) in [6, 6.07) is 8.33. The molecule has 1 aromatic heterocycles. The van der Waals surface area contributed by atoms with Gasteiger partial charge in [0.25, 0.3) is 0 Å². The maximum Gasteiger partial charge on any atom is 0.123 e. The number of benzene rings is 1. The molecule has 104 valence electrons. The minimum absolute atomic E-state index is 0.231. The van der Waals surface area contributed by atoms with Gasteiger partial charge in [-0.25, -0.2) is 4.98 Å². The molecule has 0 bridgehead atoms. The van der Waals surface area contributed by atoms with Gasteiger partial charge in [-0.15, -0.1) is 0 Å². The Morgan fingerprint density at radius 3 is 3.15 bits per heavy atom. The molecule has 2 unspecified atom stereocenters. The van der Waals surface area contributed by atoms with E-state index in [9.17, 15) is 0 Å². The van der Waals surface area contributed by atoms with Crippen molar-refractivity contribution in [2.45, 2.75) is 31.4 Å². The van der Waals surface area contributed by atoms with Crippen molar-refractivity contribution in [1.82, 2.24) is 14.9 Å². The summed E-state index contributed by atoms with van der Waals surface area (Å²) in [6.07, 6.45) is 6.39. The van der Waals surface area contributed by atoms with Gasteiger partial charge in [0.05, 0.1) is 12.9 Å². The number of nitrogens with one attached hydrogen (secondary N) is 1. The maximum absolute atomic E-state index is 6.03. The Labute approximate surface area is 118 Å². The van der Waals surface area contributed by atoms with Gasteiger partial charge in [-0.05, 0) is 24.6 Å². The molecule has 0 radical (unpaired) electrons. The molecule has 4 nitrogen and oxygen atoms in total. The average Bonchev–Trinajstić information content (AvgIpc) is 3.18. The molecule has 0 amide bonds. The quantitative estimate of drug-likeness (QED) is 0.926. The first-order valence-electron chi connectivity index (χ1n) is 7.35. The van der Waals surface area contributed by atoms with E-state index in [0.29, 0.717) is 5.92 Å². The van der Waals surface area contributed by atoms with Crippen molar-refractivity contribution in [1.29, 1.82) is 0 Å². The molecular formula is C16H19N3O. The second-order valence-corrected chi connectivity index (χ2v) is 5.71. The molecule has 1 fully saturated rings. The first-order valence-corrected chi connectivity index (χ1v) is 7.35. The van der Waals surface area contributed by atoms with Gasteiger partial charge in [0.1, 0.15) is 11.9 Å². The second kappa shape index (κ2) is 4.94. The Kier molecular flexibility index (Phi) is 2.96. The van der Waals surface area contributed by atoms with Crippen LogP contribution in [0.25, 0.3) is 0 Å². The van der Waals surface area contributed by atoms with Gasteiger partial charge in [-0.3, -0.25) is 0 Å². The molecule has 2 aliphatic rings. The van der Waals surface area contributed by atoms with E-state index < -0.39 is 0 Å². The largest absolute Gasteiger partial charge is 0.488 e. The lowest BCUT2D eigenvalue weighted by Crippen LogP contribution is -2.22. The van der Waals surface area contributed by atoms with Gasteiger partial charge >= 0.3 is 0 Å². The normalized spacial score (nSPS) is 24.6. The van der Waals surface area contributed by atoms with E-state index in [1.165, 1.54) is 17.7 Å². The third-order valence-electron chi connectivity index (χ3n) is 4.34. The summed E-state index contributed by atoms with van der Waals surface area (Å²) in [5, 5.41) is 3.42. The molecular weight excluding hydrogens is 250 g/mol. The summed E-state index contributed by atoms with van der Waals surface area (Å²) >= 11 is 0. The highest BCUT2D eigenvalue weighted by atomic mass is 16.5. The number of imidazole rings is 1. The monoisotopic (exact) mass is 269 g/mol. The highest BCUT2D eigenvalue weighted by Crippen LogP contribution is 2.30. The van der Waals surface area contributed by atoms with E-state index in [-0.39, 0.29) is 6.10 Å². The van der Waals surface area contributed by atoms with Crippen LogP contribution in [0.3, 0.4) is 0 Å². The molecule has 1 aromatic carbocycles. The van der Waals surface area contributed by atoms with Crippen LogP contribution in [0.1, 0.15) is 23.6 Å². The maximum atomic E-state index is 6.03. The number of aromatic nitrogens is 2. The highest BCUT2D eigenvalue weighted by Gasteiger charge is 2.25. The SMILES string of the molecule is c1ccc2c(c1)CC(Cn1cncc1C1CCNC1)O2. The Morgan fingerprint density at radius 1 is 1.35 bits per heavy atom. The van der Waals surface area contributed by atoms with E-state index in [1.54, 1.807) is 0 Å². The van der Waals surface area contributed by atoms with Crippen LogP contribution >= 0.6 is 0 Å². The number of para-hydroxylation sites is 1. The minimum atomic E-state index is 0.231. The molecule has 0 spiro atoms. The zero-order valence-electron chi connectivity index (χ0n) is 11.5. The molecule has 0 saturated carbocycles. The van der Waals surface area contributed by atoms with Gasteiger partial charge in [-0.1, -0.05) is 18.2 Å². The van der Waals surface area contributed by atoms with Crippen LogP contribution in [0.4, 0.5) is 0 Å². The van der Waals surface area contributed by atoms with Crippen molar-refractivity contribution >= 4 is 0 Å². The van der Waals surface area contributed by atoms with Crippen LogP contribution < -0.4 is 10.1 Å². The van der Waals surface area contributed by atoms with Crippen LogP contribution in [-0.2, 0) is 13.0 Å². The standard InChI is InChI=1S/C16H19N3O/c1-2-4-16-12(3-1)7-14(20-16)10-19-11-18-9-15(19)13-5-6-17-8-13/h1-4,9,11,13-14,17H,5-8,10H2. The summed E-state index contributed by atoms with van der Waals surface area (Å²) in [4.78, 5) is 4.34. The molecule has 4 rings (SSSR count). The molecule has 0 aliphatic carbocycles. The van der Waals surface area contributed by atoms with Crippen molar-refractivity contribution in [2.75, 3.05) is 13.1 Å². The van der Waals surface area contributed by atoms with Crippen molar-refractivity contribution in [2.24, 2.45) is 0 Å². The molecule has 3 heterocycles. The zero-order valence-corrected chi connectivity index (χ0v) is 11.5. The smallest absolute Gasteiger partial charge is 0.123 e. The zero-order chi connectivity index (χ0) is 13.4. The number of nitrogens with zero attached hydrogens (tertiary/aromatic N) is 2. The van der Waals surface area contributed by atoms with Gasteiger partial charge in [0, 0.05) is 30.8 Å². The van der Waals surface area contributed by atoms with Crippen LogP contribution in [0, 0.1) is 0 Å². The van der Waals surface area contributed by atoms with E-state index >= 15 is 0 Å². The Morgan fingerprint density at radius 2 is 2.30 bits per heavy atom. The molecule has 4 heteroatoms. The van der Waals surface area contributed by atoms with Gasteiger partial charge in [0.2, 0.25) is 0 Å². The van der Waals surface area contributed by atoms with Crippen molar-refractivity contribution < 1.29 is 4.74 Å². The molecule has 1 N–H and O–H groups in total. The number of fused-ring (bicyclic) bond motifs is 1. The van der Waals surface area contributed by atoms with Gasteiger partial charge in [-0.2, -0.15) is 0 Å². The van der Waals surface area contributed by atoms with Gasteiger partial charge < -0.3 is 14.6 Å². The minimum Gasteiger partial charge on any atom is -0.488 e. The number of hydrogen-bond donors (Lipinski definition) is 1. The van der Waals surface area contributed by atoms with Crippen LogP contribution in [0.2, 0.25) is 0 Å². The van der Waals surface area contributed by atoms with E-state index in [4.69, 9.17) is 4.74 Å². The first-order chi connectivity index (χ1) is 9.90. The number of hydrogen-bond acceptors (Lipinski definition) is 3. The summed E-state index contributed by atoms with van der Waals surface area (Å²) in [5.41, 5.74) is 2.66. The summed E-state index contributed by atoms with van der Waals surface area (Å²) < 4.78 is 8.31. The molecule has 2 atom stereocenters. The molecule has 20 heavy (non-hydrogen) atoms. The topological polar surface area (TPSA) is 39.1 Å². The molecule has 2 aromatic rings. The Balaban J connectivity index is 1.50. The van der Waals surface area contributed by atoms with E-state index in [0.717, 1.165) is 31.8 Å². The summed E-state index contributed by atoms with van der Waals surface area (Å²) in [7, 11) is 0. The summed E-state index contributed by atoms with van der Waals surface area (Å²) in [6.45, 7) is 3.07. The van der Waals surface area contributed by atoms with E-state index in [1.807, 2.05) is 18.6 Å². The predicted octanol–water partition coefficient (Wildman–Crippen LogP) is 1.96. The van der Waals surface area contributed by atoms with Gasteiger partial charge in [0.15, 0.2) is 0 Å². The third kappa shape index (κ3) is 2.10. The average molecular weight is 269 g/mol. The van der Waals surface area contributed by atoms with Crippen LogP contribution in [0.5, 0.6) is 5.75 Å². The molecule has 2 aliphatic heterocycles. The fraction of sp³-hybridized carbons (Fsp3) is 0.438. The number of rotatable bonds is 3. The first kappa shape index (κ1) is 12.0. The lowest BCUT2D eigenvalue weighted by Gasteiger charge is -2.16. The number of ether oxygens (including phenoxy) is 1. The predicted molar refractivity (Wildman–Crippen MR) is 77.0 cm³/mol. The van der Waals surface area contributed by atoms with Crippen molar-refractivity contribution in [3.05, 3.63) is 48.0 Å². The molecule has 1 saturated heterocycles. The Hall–Kier alpha value is -1.81. The fourth-order valence-electron chi connectivity index (χ4n) is 3.31. The fourth-order valence-corrected chi connectivity index (χ4v) is 3.31.